The van der Waals surface area contributed by atoms with E-state index in [9.17, 15) is 0 Å². The van der Waals surface area contributed by atoms with Crippen molar-refractivity contribution in [1.82, 2.24) is 0 Å². The third-order valence-corrected chi connectivity index (χ3v) is 4.97. The molecule has 1 heteroatoms. The van der Waals surface area contributed by atoms with Crippen LogP contribution in [0, 0.1) is 13.8 Å². The minimum Gasteiger partial charge on any atom is -0.324 e. The fourth-order valence-corrected chi connectivity index (χ4v) is 3.06. The van der Waals surface area contributed by atoms with Crippen LogP contribution in [0.5, 0.6) is 0 Å². The van der Waals surface area contributed by atoms with Gasteiger partial charge in [-0.05, 0) is 66.8 Å². The third-order valence-electron chi connectivity index (χ3n) is 4.97. The topological polar surface area (TPSA) is 26.0 Å². The summed E-state index contributed by atoms with van der Waals surface area (Å²) in [6, 6.07) is 15.7. The Kier molecular flexibility index (Phi) is 4.12. The van der Waals surface area contributed by atoms with Crippen LogP contribution < -0.4 is 5.73 Å². The summed E-state index contributed by atoms with van der Waals surface area (Å²) in [5.74, 6) is 0.801. The maximum absolute atomic E-state index is 6.39. The van der Waals surface area contributed by atoms with Gasteiger partial charge in [-0.25, -0.2) is 0 Å². The first kappa shape index (κ1) is 14.3. The predicted octanol–water partition coefficient (Wildman–Crippen LogP) is 4.81. The summed E-state index contributed by atoms with van der Waals surface area (Å²) in [6.45, 7) is 4.32. The van der Waals surface area contributed by atoms with Gasteiger partial charge in [0.2, 0.25) is 0 Å². The van der Waals surface area contributed by atoms with Crippen LogP contribution in [0.25, 0.3) is 0 Å². The molecule has 1 unspecified atom stereocenters. The second kappa shape index (κ2) is 6.03. The molecule has 1 atom stereocenters. The smallest absolute Gasteiger partial charge is 0.0335 e. The van der Waals surface area contributed by atoms with Crippen molar-refractivity contribution in [1.29, 1.82) is 0 Å². The van der Waals surface area contributed by atoms with Crippen molar-refractivity contribution in [2.24, 2.45) is 5.73 Å². The van der Waals surface area contributed by atoms with Gasteiger partial charge < -0.3 is 5.73 Å². The molecule has 21 heavy (non-hydrogen) atoms. The zero-order chi connectivity index (χ0) is 14.8. The molecule has 0 bridgehead atoms. The summed E-state index contributed by atoms with van der Waals surface area (Å²) in [7, 11) is 0. The van der Waals surface area contributed by atoms with E-state index in [0.29, 0.717) is 0 Å². The van der Waals surface area contributed by atoms with E-state index in [2.05, 4.69) is 56.3 Å². The van der Waals surface area contributed by atoms with Crippen LogP contribution in [-0.4, -0.2) is 0 Å². The molecule has 1 fully saturated rings. The highest BCUT2D eigenvalue weighted by molar-refractivity contribution is 5.33. The first-order chi connectivity index (χ1) is 10.1. The molecule has 1 aliphatic rings. The van der Waals surface area contributed by atoms with E-state index in [-0.39, 0.29) is 6.04 Å². The summed E-state index contributed by atoms with van der Waals surface area (Å²) in [5, 5.41) is 0. The number of rotatable bonds is 4. The first-order valence-electron chi connectivity index (χ1n) is 8.05. The lowest BCUT2D eigenvalue weighted by molar-refractivity contribution is 0.419. The van der Waals surface area contributed by atoms with E-state index in [1.54, 1.807) is 0 Å². The molecule has 1 nitrogen and oxygen atoms in total. The maximum atomic E-state index is 6.39. The fraction of sp³-hybridized carbons (Fsp3) is 0.400. The van der Waals surface area contributed by atoms with E-state index in [1.165, 1.54) is 47.1 Å². The van der Waals surface area contributed by atoms with Crippen molar-refractivity contribution in [3.05, 3.63) is 70.3 Å². The highest BCUT2D eigenvalue weighted by Gasteiger charge is 2.19. The molecule has 0 spiro atoms. The zero-order valence-electron chi connectivity index (χ0n) is 13.1. The van der Waals surface area contributed by atoms with E-state index >= 15 is 0 Å². The predicted molar refractivity (Wildman–Crippen MR) is 89.6 cm³/mol. The summed E-state index contributed by atoms with van der Waals surface area (Å²) in [4.78, 5) is 0. The number of hydrogen-bond acceptors (Lipinski definition) is 1. The molecule has 1 saturated carbocycles. The largest absolute Gasteiger partial charge is 0.324 e. The lowest BCUT2D eigenvalue weighted by atomic mass is 9.80. The minimum atomic E-state index is 0.0857. The number of benzene rings is 2. The van der Waals surface area contributed by atoms with Crippen molar-refractivity contribution in [3.63, 3.8) is 0 Å². The van der Waals surface area contributed by atoms with E-state index < -0.39 is 0 Å². The van der Waals surface area contributed by atoms with Gasteiger partial charge >= 0.3 is 0 Å². The molecule has 0 aromatic heterocycles. The number of hydrogen-bond donors (Lipinski definition) is 1. The van der Waals surface area contributed by atoms with Crippen LogP contribution >= 0.6 is 0 Å². The van der Waals surface area contributed by atoms with Gasteiger partial charge in [0.15, 0.2) is 0 Å². The Hall–Kier alpha value is -1.60. The minimum absolute atomic E-state index is 0.0857. The molecule has 2 aromatic rings. The highest BCUT2D eigenvalue weighted by atomic mass is 14.6. The molecular formula is C20H25N. The quantitative estimate of drug-likeness (QED) is 0.853. The second-order valence-electron chi connectivity index (χ2n) is 6.52. The fourth-order valence-electron chi connectivity index (χ4n) is 3.06. The van der Waals surface area contributed by atoms with Gasteiger partial charge in [0, 0.05) is 6.04 Å². The number of nitrogens with two attached hydrogens (primary N) is 1. The molecule has 0 saturated heterocycles. The van der Waals surface area contributed by atoms with Gasteiger partial charge in [-0.1, -0.05) is 48.9 Å². The normalized spacial score (nSPS) is 16.5. The number of aryl methyl sites for hydroxylation is 2. The molecule has 2 aromatic carbocycles. The molecule has 0 heterocycles. The Morgan fingerprint density at radius 3 is 2.29 bits per heavy atom. The van der Waals surface area contributed by atoms with Gasteiger partial charge in [0.25, 0.3) is 0 Å². The van der Waals surface area contributed by atoms with Crippen molar-refractivity contribution in [3.8, 4) is 0 Å². The van der Waals surface area contributed by atoms with Gasteiger partial charge in [0.05, 0.1) is 0 Å². The lowest BCUT2D eigenvalue weighted by Crippen LogP contribution is -2.14. The summed E-state index contributed by atoms with van der Waals surface area (Å²) in [5.41, 5.74) is 13.1. The average molecular weight is 279 g/mol. The van der Waals surface area contributed by atoms with Crippen LogP contribution in [0.1, 0.15) is 59.0 Å². The van der Waals surface area contributed by atoms with Gasteiger partial charge in [0.1, 0.15) is 0 Å². The molecular weight excluding hydrogens is 254 g/mol. The molecule has 3 rings (SSSR count). The Morgan fingerprint density at radius 1 is 1.00 bits per heavy atom. The molecule has 0 radical (unpaired) electrons. The SMILES string of the molecule is Cc1ccc(CC(N)c2ccc(C3CCC3)cc2)cc1C. The zero-order valence-corrected chi connectivity index (χ0v) is 13.1. The van der Waals surface area contributed by atoms with Crippen LogP contribution in [0.4, 0.5) is 0 Å². The van der Waals surface area contributed by atoms with Gasteiger partial charge in [-0.15, -0.1) is 0 Å². The Morgan fingerprint density at radius 2 is 1.71 bits per heavy atom. The molecule has 2 N–H and O–H groups in total. The second-order valence-corrected chi connectivity index (χ2v) is 6.52. The van der Waals surface area contributed by atoms with E-state index in [0.717, 1.165) is 12.3 Å². The average Bonchev–Trinajstić information content (AvgIpc) is 2.42. The Bertz CT molecular complexity index is 608. The van der Waals surface area contributed by atoms with Crippen LogP contribution in [0.3, 0.4) is 0 Å². The van der Waals surface area contributed by atoms with Gasteiger partial charge in [-0.3, -0.25) is 0 Å². The summed E-state index contributed by atoms with van der Waals surface area (Å²) < 4.78 is 0. The summed E-state index contributed by atoms with van der Waals surface area (Å²) in [6.07, 6.45) is 5.00. The lowest BCUT2D eigenvalue weighted by Gasteiger charge is -2.26. The van der Waals surface area contributed by atoms with Crippen molar-refractivity contribution >= 4 is 0 Å². The Labute approximate surface area is 128 Å². The Balaban J connectivity index is 1.69. The molecule has 110 valence electrons. The van der Waals surface area contributed by atoms with Crippen LogP contribution in [0.2, 0.25) is 0 Å². The molecule has 0 aliphatic heterocycles. The molecule has 1 aliphatic carbocycles. The van der Waals surface area contributed by atoms with E-state index in [1.807, 2.05) is 0 Å². The van der Waals surface area contributed by atoms with Crippen LogP contribution in [0.15, 0.2) is 42.5 Å². The van der Waals surface area contributed by atoms with Crippen molar-refractivity contribution < 1.29 is 0 Å². The van der Waals surface area contributed by atoms with Crippen LogP contribution in [-0.2, 0) is 6.42 Å². The first-order valence-corrected chi connectivity index (χ1v) is 8.05. The van der Waals surface area contributed by atoms with Gasteiger partial charge in [-0.2, -0.15) is 0 Å². The molecule has 0 amide bonds. The maximum Gasteiger partial charge on any atom is 0.0335 e. The standard InChI is InChI=1S/C20H25N/c1-14-6-7-16(12-15(14)2)13-20(21)19-10-8-18(9-11-19)17-4-3-5-17/h6-12,17,20H,3-5,13,21H2,1-2H3. The van der Waals surface area contributed by atoms with E-state index in [4.69, 9.17) is 5.73 Å². The van der Waals surface area contributed by atoms with Crippen molar-refractivity contribution in [2.75, 3.05) is 0 Å². The highest BCUT2D eigenvalue weighted by Crippen LogP contribution is 2.36. The summed E-state index contributed by atoms with van der Waals surface area (Å²) >= 11 is 0. The monoisotopic (exact) mass is 279 g/mol. The van der Waals surface area contributed by atoms with Crippen molar-refractivity contribution in [2.45, 2.75) is 51.5 Å². The third kappa shape index (κ3) is 3.19.